The van der Waals surface area contributed by atoms with Gasteiger partial charge in [-0.05, 0) is 18.1 Å². The minimum atomic E-state index is -0.246. The predicted molar refractivity (Wildman–Crippen MR) is 87.2 cm³/mol. The summed E-state index contributed by atoms with van der Waals surface area (Å²) in [7, 11) is 1.82. The van der Waals surface area contributed by atoms with Crippen molar-refractivity contribution in [2.24, 2.45) is 7.05 Å². The number of aryl methyl sites for hydroxylation is 3. The van der Waals surface area contributed by atoms with Crippen LogP contribution in [0.25, 0.3) is 0 Å². The molecule has 0 spiro atoms. The summed E-state index contributed by atoms with van der Waals surface area (Å²) in [5.41, 5.74) is 1.08. The summed E-state index contributed by atoms with van der Waals surface area (Å²) in [6, 6.07) is 1.60. The molecule has 130 valence electrons. The van der Waals surface area contributed by atoms with E-state index in [9.17, 15) is 4.79 Å². The number of carbonyl (C=O) groups excluding carboxylic acids is 1. The zero-order valence-corrected chi connectivity index (χ0v) is 14.2. The normalized spacial score (nSPS) is 20.3. The molecule has 1 aliphatic rings. The van der Waals surface area contributed by atoms with Gasteiger partial charge in [-0.15, -0.1) is 0 Å². The zero-order chi connectivity index (χ0) is 17.1. The Kier molecular flexibility index (Phi) is 4.89. The Hall–Kier alpha value is -2.28. The molecule has 2 atom stereocenters. The summed E-state index contributed by atoms with van der Waals surface area (Å²) in [6.07, 6.45) is 4.80. The summed E-state index contributed by atoms with van der Waals surface area (Å²) in [4.78, 5) is 12.5. The molecule has 0 saturated carbocycles. The molecule has 0 unspecified atom stereocenters. The van der Waals surface area contributed by atoms with Crippen molar-refractivity contribution in [2.45, 2.75) is 38.8 Å². The van der Waals surface area contributed by atoms with Crippen LogP contribution in [0.4, 0.5) is 0 Å². The van der Waals surface area contributed by atoms with Gasteiger partial charge < -0.3 is 19.2 Å². The first kappa shape index (κ1) is 16.6. The molecule has 1 fully saturated rings. The van der Waals surface area contributed by atoms with Crippen molar-refractivity contribution in [3.05, 3.63) is 35.5 Å². The second-order valence-electron chi connectivity index (χ2n) is 5.89. The van der Waals surface area contributed by atoms with Crippen molar-refractivity contribution in [1.82, 2.24) is 15.1 Å². The Morgan fingerprint density at radius 3 is 2.88 bits per heavy atom. The van der Waals surface area contributed by atoms with Gasteiger partial charge in [-0.3, -0.25) is 9.48 Å². The highest BCUT2D eigenvalue weighted by Crippen LogP contribution is 2.19. The second kappa shape index (κ2) is 7.09. The van der Waals surface area contributed by atoms with Gasteiger partial charge in [0, 0.05) is 13.5 Å². The van der Waals surface area contributed by atoms with Crippen LogP contribution in [0.2, 0.25) is 0 Å². The summed E-state index contributed by atoms with van der Waals surface area (Å²) < 4.78 is 18.7. The minimum absolute atomic E-state index is 0.224. The summed E-state index contributed by atoms with van der Waals surface area (Å²) in [6.45, 7) is 4.91. The molecule has 0 aliphatic carbocycles. The van der Waals surface area contributed by atoms with Crippen LogP contribution in [0, 0.1) is 0 Å². The van der Waals surface area contributed by atoms with Gasteiger partial charge in [-0.1, -0.05) is 13.8 Å². The summed E-state index contributed by atoms with van der Waals surface area (Å²) >= 11 is 0. The third-order valence-electron chi connectivity index (χ3n) is 4.14. The molecule has 24 heavy (non-hydrogen) atoms. The van der Waals surface area contributed by atoms with E-state index < -0.39 is 0 Å². The van der Waals surface area contributed by atoms with Crippen LogP contribution in [-0.4, -0.2) is 41.0 Å². The van der Waals surface area contributed by atoms with E-state index in [1.54, 1.807) is 17.1 Å². The summed E-state index contributed by atoms with van der Waals surface area (Å²) in [5, 5.41) is 7.02. The number of amides is 1. The monoisotopic (exact) mass is 333 g/mol. The topological polar surface area (TPSA) is 78.5 Å². The molecule has 2 aromatic heterocycles. The van der Waals surface area contributed by atoms with Crippen LogP contribution in [0.15, 0.2) is 22.9 Å². The molecular formula is C17H23N3O4. The number of nitrogens with zero attached hydrogens (tertiary/aromatic N) is 2. The van der Waals surface area contributed by atoms with Gasteiger partial charge in [0.15, 0.2) is 11.5 Å². The SMILES string of the molecule is CCc1cc(C(=O)N[C@H]2COC[C@H]2Oc2cnn(C)c2)oc1CC. The third kappa shape index (κ3) is 3.46. The summed E-state index contributed by atoms with van der Waals surface area (Å²) in [5.74, 6) is 1.63. The fourth-order valence-corrected chi connectivity index (χ4v) is 2.84. The lowest BCUT2D eigenvalue weighted by atomic mass is 10.1. The molecule has 2 aromatic rings. The Bertz CT molecular complexity index is 685. The maximum Gasteiger partial charge on any atom is 0.287 e. The van der Waals surface area contributed by atoms with E-state index >= 15 is 0 Å². The highest BCUT2D eigenvalue weighted by atomic mass is 16.5. The van der Waals surface area contributed by atoms with Gasteiger partial charge in [0.25, 0.3) is 5.91 Å². The molecule has 3 rings (SSSR count). The smallest absolute Gasteiger partial charge is 0.287 e. The molecule has 0 bridgehead atoms. The Morgan fingerprint density at radius 2 is 2.25 bits per heavy atom. The van der Waals surface area contributed by atoms with E-state index in [1.165, 1.54) is 0 Å². The van der Waals surface area contributed by atoms with Crippen LogP contribution in [0.5, 0.6) is 5.75 Å². The lowest BCUT2D eigenvalue weighted by molar-refractivity contribution is 0.0874. The first-order valence-corrected chi connectivity index (χ1v) is 8.26. The van der Waals surface area contributed by atoms with E-state index in [0.29, 0.717) is 24.7 Å². The molecule has 0 aromatic carbocycles. The van der Waals surface area contributed by atoms with Crippen LogP contribution >= 0.6 is 0 Å². The average Bonchev–Trinajstić information content (AvgIpc) is 3.28. The predicted octanol–water partition coefficient (Wildman–Crippen LogP) is 1.71. The van der Waals surface area contributed by atoms with Crippen molar-refractivity contribution in [1.29, 1.82) is 0 Å². The second-order valence-corrected chi connectivity index (χ2v) is 5.89. The van der Waals surface area contributed by atoms with E-state index in [2.05, 4.69) is 10.4 Å². The van der Waals surface area contributed by atoms with Crippen molar-refractivity contribution in [2.75, 3.05) is 13.2 Å². The van der Waals surface area contributed by atoms with Crippen LogP contribution in [0.1, 0.15) is 35.7 Å². The number of carbonyl (C=O) groups is 1. The molecule has 7 nitrogen and oxygen atoms in total. The molecule has 3 heterocycles. The number of rotatable bonds is 6. The van der Waals surface area contributed by atoms with Gasteiger partial charge in [0.2, 0.25) is 0 Å². The number of aromatic nitrogens is 2. The molecule has 1 aliphatic heterocycles. The number of hydrogen-bond donors (Lipinski definition) is 1. The molecular weight excluding hydrogens is 310 g/mol. The van der Waals surface area contributed by atoms with Crippen LogP contribution < -0.4 is 10.1 Å². The van der Waals surface area contributed by atoms with Gasteiger partial charge in [0.1, 0.15) is 11.9 Å². The standard InChI is InChI=1S/C17H23N3O4/c1-4-11-6-15(24-14(11)5-2)17(21)19-13-9-22-10-16(13)23-12-7-18-20(3)8-12/h6-8,13,16H,4-5,9-10H2,1-3H3,(H,19,21)/t13-,16+/m0/s1. The molecule has 1 amide bonds. The van der Waals surface area contributed by atoms with Gasteiger partial charge in [-0.2, -0.15) is 5.10 Å². The largest absolute Gasteiger partial charge is 0.482 e. The maximum atomic E-state index is 12.5. The first-order valence-electron chi connectivity index (χ1n) is 8.26. The number of nitrogens with one attached hydrogen (secondary N) is 1. The van der Waals surface area contributed by atoms with Gasteiger partial charge in [-0.25, -0.2) is 0 Å². The average molecular weight is 333 g/mol. The van der Waals surface area contributed by atoms with Crippen LogP contribution in [0.3, 0.4) is 0 Å². The molecule has 1 saturated heterocycles. The van der Waals surface area contributed by atoms with Gasteiger partial charge in [0.05, 0.1) is 31.6 Å². The van der Waals surface area contributed by atoms with E-state index in [1.807, 2.05) is 27.0 Å². The number of hydrogen-bond acceptors (Lipinski definition) is 5. The third-order valence-corrected chi connectivity index (χ3v) is 4.14. The first-order chi connectivity index (χ1) is 11.6. The fourth-order valence-electron chi connectivity index (χ4n) is 2.84. The quantitative estimate of drug-likeness (QED) is 0.871. The van der Waals surface area contributed by atoms with Crippen molar-refractivity contribution in [3.63, 3.8) is 0 Å². The van der Waals surface area contributed by atoms with Crippen molar-refractivity contribution in [3.8, 4) is 5.75 Å². The molecule has 7 heteroatoms. The minimum Gasteiger partial charge on any atom is -0.482 e. The fraction of sp³-hybridized carbons (Fsp3) is 0.529. The van der Waals surface area contributed by atoms with E-state index in [0.717, 1.165) is 24.2 Å². The molecule has 1 N–H and O–H groups in total. The molecule has 0 radical (unpaired) electrons. The number of ether oxygens (including phenoxy) is 2. The lowest BCUT2D eigenvalue weighted by Crippen LogP contribution is -2.45. The van der Waals surface area contributed by atoms with Gasteiger partial charge >= 0.3 is 0 Å². The lowest BCUT2D eigenvalue weighted by Gasteiger charge is -2.19. The van der Waals surface area contributed by atoms with Crippen LogP contribution in [-0.2, 0) is 24.6 Å². The Balaban J connectivity index is 1.65. The van der Waals surface area contributed by atoms with E-state index in [4.69, 9.17) is 13.9 Å². The van der Waals surface area contributed by atoms with Crippen molar-refractivity contribution < 1.29 is 18.7 Å². The van der Waals surface area contributed by atoms with E-state index in [-0.39, 0.29) is 18.1 Å². The highest BCUT2D eigenvalue weighted by molar-refractivity contribution is 5.92. The Labute approximate surface area is 140 Å². The maximum absolute atomic E-state index is 12.5. The Morgan fingerprint density at radius 1 is 1.42 bits per heavy atom. The highest BCUT2D eigenvalue weighted by Gasteiger charge is 2.32. The number of furan rings is 1. The van der Waals surface area contributed by atoms with Crippen molar-refractivity contribution >= 4 is 5.91 Å². The zero-order valence-electron chi connectivity index (χ0n) is 14.2.